The Morgan fingerprint density at radius 3 is 2.38 bits per heavy atom. The maximum absolute atomic E-state index is 11.9. The third kappa shape index (κ3) is 4.47. The second-order valence-electron chi connectivity index (χ2n) is 6.02. The summed E-state index contributed by atoms with van der Waals surface area (Å²) in [6.45, 7) is 6.56. The van der Waals surface area contributed by atoms with Crippen molar-refractivity contribution in [1.29, 1.82) is 0 Å². The molecule has 7 heteroatoms. The van der Waals surface area contributed by atoms with E-state index in [1.54, 1.807) is 4.90 Å². The quantitative estimate of drug-likeness (QED) is 0.794. The molecule has 1 amide bonds. The molecule has 1 aromatic heterocycles. The number of amides is 1. The molecule has 1 saturated heterocycles. The minimum absolute atomic E-state index is 0.182. The third-order valence-electron chi connectivity index (χ3n) is 3.08. The third-order valence-corrected chi connectivity index (χ3v) is 3.08. The molecule has 0 spiro atoms. The number of rotatable bonds is 1. The van der Waals surface area contributed by atoms with Crippen LogP contribution in [0.25, 0.3) is 0 Å². The number of imidazole rings is 1. The van der Waals surface area contributed by atoms with E-state index in [0.717, 1.165) is 0 Å². The van der Waals surface area contributed by atoms with Crippen molar-refractivity contribution in [2.24, 2.45) is 0 Å². The van der Waals surface area contributed by atoms with Crippen molar-refractivity contribution in [2.75, 3.05) is 13.1 Å². The Labute approximate surface area is 123 Å². The van der Waals surface area contributed by atoms with Crippen LogP contribution in [0.5, 0.6) is 0 Å². The molecule has 1 aromatic rings. The Kier molecular flexibility index (Phi) is 4.50. The molecule has 1 aliphatic rings. The van der Waals surface area contributed by atoms with Crippen LogP contribution < -0.4 is 0 Å². The average Bonchev–Trinajstić information content (AvgIpc) is 2.91. The summed E-state index contributed by atoms with van der Waals surface area (Å²) in [6.07, 6.45) is 4.74. The van der Waals surface area contributed by atoms with Crippen molar-refractivity contribution < 1.29 is 19.1 Å². The van der Waals surface area contributed by atoms with E-state index in [1.165, 1.54) is 23.3 Å². The summed E-state index contributed by atoms with van der Waals surface area (Å²) in [4.78, 5) is 29.1. The fraction of sp³-hybridized carbons (Fsp3) is 0.643. The van der Waals surface area contributed by atoms with Crippen LogP contribution in [0.15, 0.2) is 18.7 Å². The predicted molar refractivity (Wildman–Crippen MR) is 74.9 cm³/mol. The maximum Gasteiger partial charge on any atom is 0.419 e. The van der Waals surface area contributed by atoms with Gasteiger partial charge in [0.05, 0.1) is 0 Å². The summed E-state index contributed by atoms with van der Waals surface area (Å²) >= 11 is 0. The second kappa shape index (κ2) is 6.15. The number of hydrogen-bond acceptors (Lipinski definition) is 5. The SMILES string of the molecule is CC(C)(C)OC(=O)N1CCC(OC(=O)n2ccnc2)CC1. The number of ether oxygens (including phenoxy) is 2. The highest BCUT2D eigenvalue weighted by Gasteiger charge is 2.28. The normalized spacial score (nSPS) is 16.6. The van der Waals surface area contributed by atoms with Gasteiger partial charge in [-0.1, -0.05) is 0 Å². The van der Waals surface area contributed by atoms with Crippen LogP contribution >= 0.6 is 0 Å². The van der Waals surface area contributed by atoms with Crippen molar-refractivity contribution in [3.8, 4) is 0 Å². The fourth-order valence-electron chi connectivity index (χ4n) is 2.05. The Hall–Kier alpha value is -2.05. The van der Waals surface area contributed by atoms with E-state index >= 15 is 0 Å². The Bertz CT molecular complexity index is 485. The van der Waals surface area contributed by atoms with Gasteiger partial charge in [0.1, 0.15) is 18.0 Å². The first-order valence-electron chi connectivity index (χ1n) is 7.02. The van der Waals surface area contributed by atoms with Gasteiger partial charge in [-0.2, -0.15) is 0 Å². The molecule has 1 aliphatic heterocycles. The first-order valence-corrected chi connectivity index (χ1v) is 7.02. The molecule has 0 saturated carbocycles. The monoisotopic (exact) mass is 295 g/mol. The summed E-state index contributed by atoms with van der Waals surface area (Å²) in [5.74, 6) is 0. The number of carbonyl (C=O) groups excluding carboxylic acids is 2. The lowest BCUT2D eigenvalue weighted by atomic mass is 10.1. The zero-order valence-electron chi connectivity index (χ0n) is 12.6. The standard InChI is InChI=1S/C14H21N3O4/c1-14(2,3)21-13(19)16-7-4-11(5-8-16)20-12(18)17-9-6-15-10-17/h6,9-11H,4-5,7-8H2,1-3H3. The molecule has 0 aliphatic carbocycles. The van der Waals surface area contributed by atoms with Crippen LogP contribution in [-0.2, 0) is 9.47 Å². The molecule has 7 nitrogen and oxygen atoms in total. The summed E-state index contributed by atoms with van der Waals surface area (Å²) in [7, 11) is 0. The summed E-state index contributed by atoms with van der Waals surface area (Å²) in [6, 6.07) is 0. The largest absolute Gasteiger partial charge is 0.445 e. The van der Waals surface area contributed by atoms with E-state index in [2.05, 4.69) is 4.98 Å². The fourth-order valence-corrected chi connectivity index (χ4v) is 2.05. The predicted octanol–water partition coefficient (Wildman–Crippen LogP) is 2.27. The van der Waals surface area contributed by atoms with Crippen molar-refractivity contribution >= 4 is 12.2 Å². The van der Waals surface area contributed by atoms with Crippen LogP contribution in [0.3, 0.4) is 0 Å². The molecule has 0 unspecified atom stereocenters. The van der Waals surface area contributed by atoms with Crippen LogP contribution in [0.2, 0.25) is 0 Å². The summed E-state index contributed by atoms with van der Waals surface area (Å²) in [5, 5.41) is 0. The Balaban J connectivity index is 1.78. The van der Waals surface area contributed by atoms with Crippen LogP contribution in [0.1, 0.15) is 33.6 Å². The number of piperidine rings is 1. The molecule has 0 atom stereocenters. The van der Waals surface area contributed by atoms with Gasteiger partial charge in [0, 0.05) is 38.3 Å². The van der Waals surface area contributed by atoms with E-state index in [4.69, 9.17) is 9.47 Å². The van der Waals surface area contributed by atoms with Gasteiger partial charge >= 0.3 is 12.2 Å². The number of likely N-dealkylation sites (tertiary alicyclic amines) is 1. The van der Waals surface area contributed by atoms with Crippen molar-refractivity contribution in [3.05, 3.63) is 18.7 Å². The first-order chi connectivity index (χ1) is 9.85. The van der Waals surface area contributed by atoms with Gasteiger partial charge < -0.3 is 14.4 Å². The average molecular weight is 295 g/mol. The minimum Gasteiger partial charge on any atom is -0.445 e. The molecule has 0 aromatic carbocycles. The number of hydrogen-bond donors (Lipinski definition) is 0. The molecule has 0 bridgehead atoms. The highest BCUT2D eigenvalue weighted by molar-refractivity contribution is 5.70. The lowest BCUT2D eigenvalue weighted by molar-refractivity contribution is 0.00662. The zero-order valence-corrected chi connectivity index (χ0v) is 12.6. The van der Waals surface area contributed by atoms with Gasteiger partial charge in [-0.3, -0.25) is 0 Å². The van der Waals surface area contributed by atoms with Crippen molar-refractivity contribution in [1.82, 2.24) is 14.5 Å². The molecule has 1 fully saturated rings. The molecule has 2 heterocycles. The molecule has 0 N–H and O–H groups in total. The van der Waals surface area contributed by atoms with Crippen molar-refractivity contribution in [3.63, 3.8) is 0 Å². The van der Waals surface area contributed by atoms with Crippen LogP contribution in [0.4, 0.5) is 9.59 Å². The van der Waals surface area contributed by atoms with Gasteiger partial charge in [-0.05, 0) is 20.8 Å². The van der Waals surface area contributed by atoms with Gasteiger partial charge in [0.25, 0.3) is 0 Å². The highest BCUT2D eigenvalue weighted by Crippen LogP contribution is 2.17. The number of nitrogens with zero attached hydrogens (tertiary/aromatic N) is 3. The van der Waals surface area contributed by atoms with E-state index in [1.807, 2.05) is 20.8 Å². The molecule has 21 heavy (non-hydrogen) atoms. The minimum atomic E-state index is -0.498. The molecule has 2 rings (SSSR count). The van der Waals surface area contributed by atoms with Crippen LogP contribution in [-0.4, -0.2) is 51.4 Å². The number of aromatic nitrogens is 2. The molecular weight excluding hydrogens is 274 g/mol. The van der Waals surface area contributed by atoms with E-state index in [9.17, 15) is 9.59 Å². The topological polar surface area (TPSA) is 73.7 Å². The van der Waals surface area contributed by atoms with Gasteiger partial charge in [-0.15, -0.1) is 0 Å². The Morgan fingerprint density at radius 1 is 1.19 bits per heavy atom. The summed E-state index contributed by atoms with van der Waals surface area (Å²) < 4.78 is 12.0. The first kappa shape index (κ1) is 15.3. The molecule has 116 valence electrons. The second-order valence-corrected chi connectivity index (χ2v) is 6.02. The van der Waals surface area contributed by atoms with Gasteiger partial charge in [0.15, 0.2) is 0 Å². The lowest BCUT2D eigenvalue weighted by Crippen LogP contribution is -2.44. The zero-order chi connectivity index (χ0) is 15.5. The highest BCUT2D eigenvalue weighted by atomic mass is 16.6. The molecular formula is C14H21N3O4. The summed E-state index contributed by atoms with van der Waals surface area (Å²) in [5.41, 5.74) is -0.498. The maximum atomic E-state index is 11.9. The van der Waals surface area contributed by atoms with E-state index in [0.29, 0.717) is 25.9 Å². The van der Waals surface area contributed by atoms with Gasteiger partial charge in [-0.25, -0.2) is 19.1 Å². The molecule has 0 radical (unpaired) electrons. The van der Waals surface area contributed by atoms with E-state index in [-0.39, 0.29) is 12.2 Å². The lowest BCUT2D eigenvalue weighted by Gasteiger charge is -2.33. The van der Waals surface area contributed by atoms with Gasteiger partial charge in [0.2, 0.25) is 0 Å². The Morgan fingerprint density at radius 2 is 1.86 bits per heavy atom. The van der Waals surface area contributed by atoms with E-state index < -0.39 is 11.7 Å². The smallest absolute Gasteiger partial charge is 0.419 e. The van der Waals surface area contributed by atoms with Crippen LogP contribution in [0, 0.1) is 0 Å². The number of carbonyl (C=O) groups is 2. The van der Waals surface area contributed by atoms with Crippen molar-refractivity contribution in [2.45, 2.75) is 45.3 Å².